The van der Waals surface area contributed by atoms with Crippen LogP contribution in [-0.4, -0.2) is 36.9 Å². The normalized spacial score (nSPS) is 10.2. The van der Waals surface area contributed by atoms with Crippen molar-refractivity contribution in [2.75, 3.05) is 20.2 Å². The van der Waals surface area contributed by atoms with Crippen molar-refractivity contribution in [1.82, 2.24) is 4.90 Å². The second kappa shape index (κ2) is 7.61. The Balaban J connectivity index is 1.89. The van der Waals surface area contributed by atoms with Gasteiger partial charge in [0.2, 0.25) is 0 Å². The van der Waals surface area contributed by atoms with E-state index in [2.05, 4.69) is 6.07 Å². The minimum atomic E-state index is -0.534. The SMILES string of the molecule is CN(CCc1cccs1)C(=O)c1ccc(OCC(N)=O)cc1. The van der Waals surface area contributed by atoms with E-state index >= 15 is 0 Å². The van der Waals surface area contributed by atoms with Gasteiger partial charge in [0.1, 0.15) is 5.75 Å². The molecule has 2 N–H and O–H groups in total. The van der Waals surface area contributed by atoms with Gasteiger partial charge in [0.05, 0.1) is 0 Å². The van der Waals surface area contributed by atoms with Crippen LogP contribution in [0.5, 0.6) is 5.75 Å². The number of carbonyl (C=O) groups excluding carboxylic acids is 2. The number of rotatable bonds is 7. The number of primary amides is 1. The van der Waals surface area contributed by atoms with Crippen molar-refractivity contribution < 1.29 is 14.3 Å². The van der Waals surface area contributed by atoms with Crippen LogP contribution in [0.3, 0.4) is 0 Å². The Kier molecular flexibility index (Phi) is 5.55. The number of hydrogen-bond donors (Lipinski definition) is 1. The Morgan fingerprint density at radius 3 is 2.55 bits per heavy atom. The third kappa shape index (κ3) is 4.60. The first-order valence-electron chi connectivity index (χ1n) is 6.85. The lowest BCUT2D eigenvalue weighted by Gasteiger charge is -2.17. The molecule has 1 aromatic heterocycles. The van der Waals surface area contributed by atoms with E-state index in [1.165, 1.54) is 4.88 Å². The van der Waals surface area contributed by atoms with E-state index in [1.54, 1.807) is 47.5 Å². The lowest BCUT2D eigenvalue weighted by atomic mass is 10.2. The Morgan fingerprint density at radius 2 is 1.95 bits per heavy atom. The smallest absolute Gasteiger partial charge is 0.255 e. The molecule has 0 aliphatic heterocycles. The van der Waals surface area contributed by atoms with Crippen LogP contribution in [0.4, 0.5) is 0 Å². The van der Waals surface area contributed by atoms with Crippen LogP contribution in [-0.2, 0) is 11.2 Å². The molecule has 0 spiro atoms. The Bertz CT molecular complexity index is 623. The summed E-state index contributed by atoms with van der Waals surface area (Å²) in [5.74, 6) is -0.0666. The highest BCUT2D eigenvalue weighted by Gasteiger charge is 2.12. The number of likely N-dealkylation sites (N-methyl/N-ethyl adjacent to an activating group) is 1. The summed E-state index contributed by atoms with van der Waals surface area (Å²) >= 11 is 1.69. The molecule has 5 nitrogen and oxygen atoms in total. The van der Waals surface area contributed by atoms with Crippen molar-refractivity contribution >= 4 is 23.2 Å². The zero-order valence-corrected chi connectivity index (χ0v) is 13.1. The lowest BCUT2D eigenvalue weighted by Crippen LogP contribution is -2.28. The largest absolute Gasteiger partial charge is 0.484 e. The van der Waals surface area contributed by atoms with Gasteiger partial charge in [-0.25, -0.2) is 0 Å². The Hall–Kier alpha value is -2.34. The van der Waals surface area contributed by atoms with Crippen LogP contribution in [0, 0.1) is 0 Å². The number of amides is 2. The van der Waals surface area contributed by atoms with Crippen molar-refractivity contribution in [3.63, 3.8) is 0 Å². The molecule has 0 fully saturated rings. The highest BCUT2D eigenvalue weighted by molar-refractivity contribution is 7.09. The number of hydrogen-bond acceptors (Lipinski definition) is 4. The summed E-state index contributed by atoms with van der Waals surface area (Å²) in [5.41, 5.74) is 5.59. The summed E-state index contributed by atoms with van der Waals surface area (Å²) in [6, 6.07) is 10.7. The van der Waals surface area contributed by atoms with Crippen molar-refractivity contribution in [2.45, 2.75) is 6.42 Å². The van der Waals surface area contributed by atoms with E-state index in [1.807, 2.05) is 11.4 Å². The minimum Gasteiger partial charge on any atom is -0.484 e. The number of nitrogens with zero attached hydrogens (tertiary/aromatic N) is 1. The molecule has 0 atom stereocenters. The van der Waals surface area contributed by atoms with Gasteiger partial charge in [0, 0.05) is 24.0 Å². The van der Waals surface area contributed by atoms with Gasteiger partial charge >= 0.3 is 0 Å². The first-order chi connectivity index (χ1) is 10.6. The van der Waals surface area contributed by atoms with Gasteiger partial charge < -0.3 is 15.4 Å². The number of nitrogens with two attached hydrogens (primary N) is 1. The van der Waals surface area contributed by atoms with E-state index in [0.29, 0.717) is 17.9 Å². The predicted molar refractivity (Wildman–Crippen MR) is 86.1 cm³/mol. The fourth-order valence-electron chi connectivity index (χ4n) is 1.90. The maximum absolute atomic E-state index is 12.3. The van der Waals surface area contributed by atoms with E-state index in [-0.39, 0.29) is 12.5 Å². The fourth-order valence-corrected chi connectivity index (χ4v) is 2.60. The molecule has 0 saturated carbocycles. The first-order valence-corrected chi connectivity index (χ1v) is 7.73. The predicted octanol–water partition coefficient (Wildman–Crippen LogP) is 1.93. The van der Waals surface area contributed by atoms with Gasteiger partial charge in [-0.05, 0) is 42.1 Å². The van der Waals surface area contributed by atoms with Crippen molar-refractivity contribution in [3.8, 4) is 5.75 Å². The topological polar surface area (TPSA) is 72.6 Å². The van der Waals surface area contributed by atoms with Crippen LogP contribution in [0.15, 0.2) is 41.8 Å². The van der Waals surface area contributed by atoms with Gasteiger partial charge in [0.25, 0.3) is 11.8 Å². The quantitative estimate of drug-likeness (QED) is 0.848. The molecule has 0 radical (unpaired) electrons. The maximum Gasteiger partial charge on any atom is 0.255 e. The molecule has 0 aliphatic carbocycles. The first kappa shape index (κ1) is 16.0. The van der Waals surface area contributed by atoms with Crippen molar-refractivity contribution in [2.24, 2.45) is 5.73 Å². The molecular weight excluding hydrogens is 300 g/mol. The van der Waals surface area contributed by atoms with Crippen LogP contribution in [0.2, 0.25) is 0 Å². The van der Waals surface area contributed by atoms with Crippen LogP contribution in [0.25, 0.3) is 0 Å². The lowest BCUT2D eigenvalue weighted by molar-refractivity contribution is -0.119. The second-order valence-electron chi connectivity index (χ2n) is 4.84. The summed E-state index contributed by atoms with van der Waals surface area (Å²) in [5, 5.41) is 2.03. The third-order valence-electron chi connectivity index (χ3n) is 3.10. The van der Waals surface area contributed by atoms with E-state index < -0.39 is 5.91 Å². The molecule has 2 amide bonds. The fraction of sp³-hybridized carbons (Fsp3) is 0.250. The second-order valence-corrected chi connectivity index (χ2v) is 5.87. The molecule has 0 bridgehead atoms. The molecule has 6 heteroatoms. The van der Waals surface area contributed by atoms with E-state index in [0.717, 1.165) is 6.42 Å². The summed E-state index contributed by atoms with van der Waals surface area (Å²) in [4.78, 5) is 25.9. The van der Waals surface area contributed by atoms with Gasteiger partial charge in [-0.2, -0.15) is 0 Å². The highest BCUT2D eigenvalue weighted by Crippen LogP contribution is 2.14. The number of thiophene rings is 1. The standard InChI is InChI=1S/C16H18N2O3S/c1-18(9-8-14-3-2-10-22-14)16(20)12-4-6-13(7-5-12)21-11-15(17)19/h2-7,10H,8-9,11H2,1H3,(H2,17,19). The number of ether oxygens (including phenoxy) is 1. The van der Waals surface area contributed by atoms with Crippen LogP contribution in [0.1, 0.15) is 15.2 Å². The molecule has 0 saturated heterocycles. The molecule has 2 rings (SSSR count). The number of benzene rings is 1. The zero-order chi connectivity index (χ0) is 15.9. The van der Waals surface area contributed by atoms with Crippen LogP contribution < -0.4 is 10.5 Å². The maximum atomic E-state index is 12.3. The molecule has 2 aromatic rings. The van der Waals surface area contributed by atoms with E-state index in [4.69, 9.17) is 10.5 Å². The van der Waals surface area contributed by atoms with Gasteiger partial charge in [0.15, 0.2) is 6.61 Å². The Morgan fingerprint density at radius 1 is 1.23 bits per heavy atom. The summed E-state index contributed by atoms with van der Waals surface area (Å²) in [7, 11) is 1.79. The van der Waals surface area contributed by atoms with Gasteiger partial charge in [-0.1, -0.05) is 6.07 Å². The molecule has 0 unspecified atom stereocenters. The van der Waals surface area contributed by atoms with E-state index in [9.17, 15) is 9.59 Å². The highest BCUT2D eigenvalue weighted by atomic mass is 32.1. The third-order valence-corrected chi connectivity index (χ3v) is 4.04. The molecule has 22 heavy (non-hydrogen) atoms. The molecule has 1 aromatic carbocycles. The van der Waals surface area contributed by atoms with Gasteiger partial charge in [-0.15, -0.1) is 11.3 Å². The summed E-state index contributed by atoms with van der Waals surface area (Å²) in [6.45, 7) is 0.493. The summed E-state index contributed by atoms with van der Waals surface area (Å²) in [6.07, 6.45) is 0.847. The monoisotopic (exact) mass is 318 g/mol. The molecule has 1 heterocycles. The number of carbonyl (C=O) groups is 2. The molecular formula is C16H18N2O3S. The molecule has 116 valence electrons. The van der Waals surface area contributed by atoms with Crippen LogP contribution >= 0.6 is 11.3 Å². The van der Waals surface area contributed by atoms with Crippen molar-refractivity contribution in [1.29, 1.82) is 0 Å². The Labute approximate surface area is 133 Å². The zero-order valence-electron chi connectivity index (χ0n) is 12.3. The summed E-state index contributed by atoms with van der Waals surface area (Å²) < 4.78 is 5.16. The molecule has 0 aliphatic rings. The van der Waals surface area contributed by atoms with Crippen molar-refractivity contribution in [3.05, 3.63) is 52.2 Å². The average Bonchev–Trinajstić information content (AvgIpc) is 3.03. The van der Waals surface area contributed by atoms with Gasteiger partial charge in [-0.3, -0.25) is 9.59 Å². The average molecular weight is 318 g/mol. The minimum absolute atomic E-state index is 0.0435.